The molecule has 0 aromatic rings. The Bertz CT molecular complexity index is 620. The van der Waals surface area contributed by atoms with Crippen molar-refractivity contribution < 1.29 is 38.1 Å². The normalized spacial score (nSPS) is 30.5. The summed E-state index contributed by atoms with van der Waals surface area (Å²) in [7, 11) is 0. The molecule has 0 bridgehead atoms. The zero-order valence-electron chi connectivity index (χ0n) is 13.9. The van der Waals surface area contributed by atoms with Crippen molar-refractivity contribution in [3.8, 4) is 0 Å². The molecule has 12 heteroatoms. The highest BCUT2D eigenvalue weighted by Crippen LogP contribution is 2.38. The number of ether oxygens (including phenoxy) is 5. The van der Waals surface area contributed by atoms with Gasteiger partial charge in [0.05, 0.1) is 0 Å². The number of esters is 3. The van der Waals surface area contributed by atoms with Gasteiger partial charge in [-0.3, -0.25) is 14.4 Å². The van der Waals surface area contributed by atoms with Gasteiger partial charge in [-0.15, -0.1) is 0 Å². The van der Waals surface area contributed by atoms with E-state index in [-0.39, 0.29) is 12.5 Å². The summed E-state index contributed by atoms with van der Waals surface area (Å²) in [6.45, 7) is 3.26. The second-order valence-corrected chi connectivity index (χ2v) is 7.82. The van der Waals surface area contributed by atoms with Crippen molar-refractivity contribution in [3.63, 3.8) is 0 Å². The van der Waals surface area contributed by atoms with Crippen LogP contribution in [0.5, 0.6) is 0 Å². The Labute approximate surface area is 163 Å². The molecular formula is C14H16Cl3NO8. The van der Waals surface area contributed by atoms with Gasteiger partial charge in [0, 0.05) is 20.8 Å². The van der Waals surface area contributed by atoms with Gasteiger partial charge in [-0.1, -0.05) is 34.8 Å². The average Bonchev–Trinajstić information content (AvgIpc) is 2.90. The number of hydrogen-bond acceptors (Lipinski definition) is 9. The van der Waals surface area contributed by atoms with E-state index in [1.165, 1.54) is 20.8 Å². The Hall–Kier alpha value is -1.29. The molecule has 0 amide bonds. The summed E-state index contributed by atoms with van der Waals surface area (Å²) in [5, 5.41) is 0. The maximum Gasteiger partial charge on any atom is 0.303 e. The largest absolute Gasteiger partial charge is 0.463 e. The van der Waals surface area contributed by atoms with Crippen molar-refractivity contribution in [3.05, 3.63) is 0 Å². The molecule has 3 unspecified atom stereocenters. The third kappa shape index (κ3) is 5.12. The number of hydrogen-bond donors (Lipinski definition) is 0. The van der Waals surface area contributed by atoms with E-state index in [1.54, 1.807) is 0 Å². The van der Waals surface area contributed by atoms with Gasteiger partial charge in [-0.25, -0.2) is 4.99 Å². The van der Waals surface area contributed by atoms with E-state index < -0.39 is 52.3 Å². The van der Waals surface area contributed by atoms with Gasteiger partial charge in [-0.2, -0.15) is 0 Å². The molecule has 0 aliphatic carbocycles. The van der Waals surface area contributed by atoms with Crippen LogP contribution in [0.25, 0.3) is 0 Å². The summed E-state index contributed by atoms with van der Waals surface area (Å²) in [6, 6.07) is -0.942. The van der Waals surface area contributed by atoms with Crippen LogP contribution in [0.3, 0.4) is 0 Å². The molecule has 1 saturated heterocycles. The van der Waals surface area contributed by atoms with Gasteiger partial charge >= 0.3 is 17.9 Å². The first-order valence-electron chi connectivity index (χ1n) is 7.44. The number of fused-ring (bicyclic) bond motifs is 1. The van der Waals surface area contributed by atoms with Crippen LogP contribution in [0.1, 0.15) is 20.8 Å². The van der Waals surface area contributed by atoms with Crippen molar-refractivity contribution in [2.45, 2.75) is 55.2 Å². The smallest absolute Gasteiger partial charge is 0.303 e. The maximum atomic E-state index is 11.5. The van der Waals surface area contributed by atoms with E-state index in [2.05, 4.69) is 4.99 Å². The summed E-state index contributed by atoms with van der Waals surface area (Å²) in [5.74, 6) is -2.15. The molecule has 9 nitrogen and oxygen atoms in total. The van der Waals surface area contributed by atoms with Crippen LogP contribution in [-0.2, 0) is 38.1 Å². The van der Waals surface area contributed by atoms with Crippen LogP contribution >= 0.6 is 34.8 Å². The molecule has 5 atom stereocenters. The molecule has 0 aromatic carbocycles. The number of aliphatic imine (C=N–C) groups is 1. The summed E-state index contributed by atoms with van der Waals surface area (Å²) < 4.78 is 24.5. The van der Waals surface area contributed by atoms with Gasteiger partial charge in [-0.05, 0) is 0 Å². The number of carbonyl (C=O) groups is 3. The van der Waals surface area contributed by atoms with Crippen LogP contribution in [0.4, 0.5) is 0 Å². The van der Waals surface area contributed by atoms with E-state index in [9.17, 15) is 14.4 Å². The zero-order valence-corrected chi connectivity index (χ0v) is 16.2. The number of alkyl halides is 3. The summed E-state index contributed by atoms with van der Waals surface area (Å²) in [4.78, 5) is 38.2. The second-order valence-electron chi connectivity index (χ2n) is 5.53. The van der Waals surface area contributed by atoms with E-state index in [0.29, 0.717) is 0 Å². The molecule has 146 valence electrons. The average molecular weight is 433 g/mol. The minimum absolute atomic E-state index is 0.260. The highest BCUT2D eigenvalue weighted by Gasteiger charge is 2.56. The first-order chi connectivity index (χ1) is 12.0. The predicted molar refractivity (Wildman–Crippen MR) is 89.0 cm³/mol. The van der Waals surface area contributed by atoms with Crippen LogP contribution in [-0.4, -0.2) is 64.8 Å². The van der Waals surface area contributed by atoms with E-state index in [4.69, 9.17) is 58.5 Å². The Balaban J connectivity index is 2.34. The lowest BCUT2D eigenvalue weighted by atomic mass is 9.97. The van der Waals surface area contributed by atoms with Crippen molar-refractivity contribution in [1.82, 2.24) is 0 Å². The fraction of sp³-hybridized carbons (Fsp3) is 0.714. The molecule has 2 rings (SSSR count). The predicted octanol–water partition coefficient (Wildman–Crippen LogP) is 1.31. The third-order valence-corrected chi connectivity index (χ3v) is 3.89. The van der Waals surface area contributed by atoms with Crippen molar-refractivity contribution in [1.29, 1.82) is 0 Å². The zero-order chi connectivity index (χ0) is 19.6. The Morgan fingerprint density at radius 2 is 1.62 bits per heavy atom. The monoisotopic (exact) mass is 431 g/mol. The molecule has 0 aromatic heterocycles. The Kier molecular flexibility index (Phi) is 6.60. The quantitative estimate of drug-likeness (QED) is 0.371. The van der Waals surface area contributed by atoms with E-state index in [0.717, 1.165) is 0 Å². The first-order valence-corrected chi connectivity index (χ1v) is 8.57. The lowest BCUT2D eigenvalue weighted by Gasteiger charge is -2.40. The second kappa shape index (κ2) is 8.16. The molecule has 0 saturated carbocycles. The van der Waals surface area contributed by atoms with Crippen LogP contribution in [0, 0.1) is 0 Å². The van der Waals surface area contributed by atoms with Crippen LogP contribution in [0.15, 0.2) is 4.99 Å². The third-order valence-electron chi connectivity index (χ3n) is 3.41. The standard InChI is InChI=1S/C14H16Cl3NO8/c1-5(19)22-4-8-10(23-6(2)20)11(24-7(3)21)9-12(25-8)26-13(18-9)14(15,16)17/h8-12H,4H2,1-3H3/t8?,9?,10-,11?,12-/m1/s1. The number of nitrogens with zero attached hydrogens (tertiary/aromatic N) is 1. The highest BCUT2D eigenvalue weighted by atomic mass is 35.6. The number of carbonyl (C=O) groups excluding carboxylic acids is 3. The van der Waals surface area contributed by atoms with Crippen molar-refractivity contribution in [2.75, 3.05) is 6.61 Å². The van der Waals surface area contributed by atoms with Gasteiger partial charge in [0.15, 0.2) is 18.2 Å². The SMILES string of the molecule is CC(=O)OCC1O[C@@H]2OC(C(Cl)(Cl)Cl)=NC2C(OC(C)=O)[C@@H]1OC(C)=O. The lowest BCUT2D eigenvalue weighted by Crippen LogP contribution is -2.60. The molecule has 0 N–H and O–H groups in total. The van der Waals surface area contributed by atoms with Crippen LogP contribution in [0.2, 0.25) is 0 Å². The van der Waals surface area contributed by atoms with Crippen LogP contribution < -0.4 is 0 Å². The lowest BCUT2D eigenvalue weighted by molar-refractivity contribution is -0.249. The first kappa shape index (κ1) is 21.0. The minimum Gasteiger partial charge on any atom is -0.463 e. The summed E-state index contributed by atoms with van der Waals surface area (Å²) in [6.07, 6.45) is -4.28. The fourth-order valence-electron chi connectivity index (χ4n) is 2.54. The van der Waals surface area contributed by atoms with Gasteiger partial charge in [0.25, 0.3) is 3.79 Å². The molecule has 2 aliphatic heterocycles. The topological polar surface area (TPSA) is 110 Å². The summed E-state index contributed by atoms with van der Waals surface area (Å²) in [5.41, 5.74) is 0. The van der Waals surface area contributed by atoms with Crippen molar-refractivity contribution in [2.24, 2.45) is 4.99 Å². The maximum absolute atomic E-state index is 11.5. The Morgan fingerprint density at radius 3 is 2.12 bits per heavy atom. The fourth-order valence-corrected chi connectivity index (χ4v) is 2.82. The summed E-state index contributed by atoms with van der Waals surface area (Å²) >= 11 is 17.3. The Morgan fingerprint density at radius 1 is 1.04 bits per heavy atom. The highest BCUT2D eigenvalue weighted by molar-refractivity contribution is 6.76. The molecule has 2 aliphatic rings. The molecule has 1 fully saturated rings. The van der Waals surface area contributed by atoms with Gasteiger partial charge < -0.3 is 23.7 Å². The molecule has 2 heterocycles. The number of halogens is 3. The minimum atomic E-state index is -1.97. The van der Waals surface area contributed by atoms with E-state index >= 15 is 0 Å². The molecule has 0 radical (unpaired) electrons. The van der Waals surface area contributed by atoms with Gasteiger partial charge in [0.2, 0.25) is 12.2 Å². The van der Waals surface area contributed by atoms with E-state index in [1.807, 2.05) is 0 Å². The molecule has 0 spiro atoms. The molecule has 26 heavy (non-hydrogen) atoms. The van der Waals surface area contributed by atoms with Crippen molar-refractivity contribution >= 4 is 58.6 Å². The molecular weight excluding hydrogens is 417 g/mol. The number of rotatable bonds is 4. The van der Waals surface area contributed by atoms with Gasteiger partial charge in [0.1, 0.15) is 12.7 Å².